The molecule has 0 nitrogen and oxygen atoms in total. The fourth-order valence-corrected chi connectivity index (χ4v) is 3.32. The maximum Gasteiger partial charge on any atom is 0 e. The van der Waals surface area contributed by atoms with Gasteiger partial charge in [-0.1, -0.05) is 47.0 Å². The van der Waals surface area contributed by atoms with Crippen LogP contribution in [-0.4, -0.2) is 8.41 Å². The second-order valence-electron chi connectivity index (χ2n) is 5.28. The van der Waals surface area contributed by atoms with E-state index < -0.39 is 0 Å². The highest BCUT2D eigenvalue weighted by Gasteiger charge is 2.36. The Labute approximate surface area is 92.4 Å². The summed E-state index contributed by atoms with van der Waals surface area (Å²) in [5.41, 5.74) is 0. The summed E-state index contributed by atoms with van der Waals surface area (Å²) in [4.78, 5) is 0. The SMILES string of the molecule is C.CC(C)C1CC2CCCCC2C1.[B]. The smallest absolute Gasteiger partial charge is 0 e. The quantitative estimate of drug-likeness (QED) is 0.549. The summed E-state index contributed by atoms with van der Waals surface area (Å²) in [6, 6.07) is 0. The van der Waals surface area contributed by atoms with E-state index in [0.29, 0.717) is 0 Å². The minimum absolute atomic E-state index is 0. The minimum Gasteiger partial charge on any atom is -0.0776 e. The lowest BCUT2D eigenvalue weighted by Crippen LogP contribution is -2.12. The molecular formula is C13H26B. The van der Waals surface area contributed by atoms with Gasteiger partial charge in [-0.2, -0.15) is 0 Å². The topological polar surface area (TPSA) is 0 Å². The van der Waals surface area contributed by atoms with E-state index in [1.807, 2.05) is 0 Å². The van der Waals surface area contributed by atoms with Crippen LogP contribution in [0.5, 0.6) is 0 Å². The molecule has 2 unspecified atom stereocenters. The molecule has 0 heterocycles. The zero-order chi connectivity index (χ0) is 8.55. The van der Waals surface area contributed by atoms with Gasteiger partial charge in [0.1, 0.15) is 0 Å². The maximum atomic E-state index is 2.40. The molecule has 14 heavy (non-hydrogen) atoms. The molecule has 2 fully saturated rings. The molecule has 0 bridgehead atoms. The predicted octanol–water partition coefficient (Wildman–Crippen LogP) is 4.11. The molecule has 0 aromatic heterocycles. The van der Waals surface area contributed by atoms with Crippen LogP contribution in [0.1, 0.15) is 59.8 Å². The second-order valence-corrected chi connectivity index (χ2v) is 5.28. The Bertz CT molecular complexity index is 139. The molecule has 3 radical (unpaired) electrons. The lowest BCUT2D eigenvalue weighted by molar-refractivity contribution is 0.277. The normalized spacial score (nSPS) is 35.8. The Morgan fingerprint density at radius 1 is 0.929 bits per heavy atom. The van der Waals surface area contributed by atoms with Crippen molar-refractivity contribution < 1.29 is 0 Å². The molecule has 2 rings (SSSR count). The summed E-state index contributed by atoms with van der Waals surface area (Å²) in [6.45, 7) is 4.81. The predicted molar refractivity (Wildman–Crippen MR) is 65.5 cm³/mol. The van der Waals surface area contributed by atoms with Crippen molar-refractivity contribution in [2.45, 2.75) is 59.8 Å². The third-order valence-electron chi connectivity index (χ3n) is 4.22. The molecule has 2 aliphatic rings. The van der Waals surface area contributed by atoms with Crippen molar-refractivity contribution in [3.05, 3.63) is 0 Å². The van der Waals surface area contributed by atoms with Gasteiger partial charge in [0, 0.05) is 8.41 Å². The number of rotatable bonds is 1. The molecule has 2 atom stereocenters. The number of hydrogen-bond acceptors (Lipinski definition) is 0. The van der Waals surface area contributed by atoms with E-state index >= 15 is 0 Å². The van der Waals surface area contributed by atoms with Gasteiger partial charge in [0.25, 0.3) is 0 Å². The Morgan fingerprint density at radius 3 is 1.71 bits per heavy atom. The van der Waals surface area contributed by atoms with Crippen molar-refractivity contribution >= 4 is 8.41 Å². The van der Waals surface area contributed by atoms with Gasteiger partial charge in [0.2, 0.25) is 0 Å². The fraction of sp³-hybridized carbons (Fsp3) is 1.00. The molecule has 0 aromatic carbocycles. The van der Waals surface area contributed by atoms with Crippen LogP contribution in [0.4, 0.5) is 0 Å². The number of fused-ring (bicyclic) bond motifs is 1. The molecule has 0 spiro atoms. The first kappa shape index (κ1) is 14.1. The van der Waals surface area contributed by atoms with Crippen LogP contribution in [0.3, 0.4) is 0 Å². The molecule has 0 aromatic rings. The molecule has 1 heteroatoms. The summed E-state index contributed by atoms with van der Waals surface area (Å²) < 4.78 is 0. The van der Waals surface area contributed by atoms with Gasteiger partial charge in [-0.3, -0.25) is 0 Å². The van der Waals surface area contributed by atoms with Crippen LogP contribution in [0.2, 0.25) is 0 Å². The van der Waals surface area contributed by atoms with Crippen LogP contribution in [0.25, 0.3) is 0 Å². The minimum atomic E-state index is 0. The average Bonchev–Trinajstić information content (AvgIpc) is 2.46. The van der Waals surface area contributed by atoms with E-state index in [4.69, 9.17) is 0 Å². The zero-order valence-corrected chi connectivity index (χ0v) is 9.13. The third-order valence-corrected chi connectivity index (χ3v) is 4.22. The molecule has 0 saturated heterocycles. The van der Waals surface area contributed by atoms with Crippen LogP contribution < -0.4 is 0 Å². The van der Waals surface area contributed by atoms with Crippen molar-refractivity contribution in [1.29, 1.82) is 0 Å². The Hall–Kier alpha value is 0.0649. The summed E-state index contributed by atoms with van der Waals surface area (Å²) in [5.74, 6) is 4.27. The zero-order valence-electron chi connectivity index (χ0n) is 9.13. The van der Waals surface area contributed by atoms with Gasteiger partial charge in [-0.25, -0.2) is 0 Å². The second kappa shape index (κ2) is 5.83. The Balaban J connectivity index is 0.000000845. The summed E-state index contributed by atoms with van der Waals surface area (Å²) >= 11 is 0. The van der Waals surface area contributed by atoms with Crippen molar-refractivity contribution in [3.63, 3.8) is 0 Å². The van der Waals surface area contributed by atoms with E-state index in [0.717, 1.165) is 23.7 Å². The highest BCUT2D eigenvalue weighted by Crippen LogP contribution is 2.47. The standard InChI is InChI=1S/C12H22.CH4.B/c1-9(2)12-7-10-5-3-4-6-11(10)8-12;;/h9-12H,3-8H2,1-2H3;1H4;. The van der Waals surface area contributed by atoms with E-state index in [1.54, 1.807) is 25.7 Å². The first-order valence-corrected chi connectivity index (χ1v) is 5.77. The highest BCUT2D eigenvalue weighted by molar-refractivity contribution is 5.75. The monoisotopic (exact) mass is 193 g/mol. The molecule has 0 aliphatic heterocycles. The Kier molecular flexibility index (Phi) is 5.85. The van der Waals surface area contributed by atoms with Gasteiger partial charge >= 0.3 is 0 Å². The maximum absolute atomic E-state index is 2.40. The first-order chi connectivity index (χ1) is 5.77. The van der Waals surface area contributed by atoms with Gasteiger partial charge in [0.05, 0.1) is 0 Å². The van der Waals surface area contributed by atoms with Crippen LogP contribution in [-0.2, 0) is 0 Å². The summed E-state index contributed by atoms with van der Waals surface area (Å²) in [7, 11) is 0. The van der Waals surface area contributed by atoms with Gasteiger partial charge in [0.15, 0.2) is 0 Å². The molecule has 0 amide bonds. The molecule has 0 N–H and O–H groups in total. The summed E-state index contributed by atoms with van der Waals surface area (Å²) in [6.07, 6.45) is 9.25. The Morgan fingerprint density at radius 2 is 1.36 bits per heavy atom. The molecular weight excluding hydrogens is 167 g/mol. The van der Waals surface area contributed by atoms with Gasteiger partial charge in [-0.15, -0.1) is 0 Å². The van der Waals surface area contributed by atoms with Crippen molar-refractivity contribution in [2.75, 3.05) is 0 Å². The lowest BCUT2D eigenvalue weighted by atomic mass is 9.82. The molecule has 2 aliphatic carbocycles. The van der Waals surface area contributed by atoms with E-state index in [1.165, 1.54) is 12.8 Å². The fourth-order valence-electron chi connectivity index (χ4n) is 3.32. The first-order valence-electron chi connectivity index (χ1n) is 5.77. The van der Waals surface area contributed by atoms with E-state index in [9.17, 15) is 0 Å². The van der Waals surface area contributed by atoms with Crippen LogP contribution in [0.15, 0.2) is 0 Å². The van der Waals surface area contributed by atoms with Crippen molar-refractivity contribution in [1.82, 2.24) is 0 Å². The van der Waals surface area contributed by atoms with Crippen LogP contribution in [0, 0.1) is 23.7 Å². The summed E-state index contributed by atoms with van der Waals surface area (Å²) in [5, 5.41) is 0. The highest BCUT2D eigenvalue weighted by atomic mass is 14.4. The van der Waals surface area contributed by atoms with Gasteiger partial charge < -0.3 is 0 Å². The van der Waals surface area contributed by atoms with Crippen LogP contribution >= 0.6 is 0 Å². The van der Waals surface area contributed by atoms with E-state index in [2.05, 4.69) is 13.8 Å². The molecule has 2 saturated carbocycles. The molecule has 81 valence electrons. The third kappa shape index (κ3) is 2.78. The average molecular weight is 193 g/mol. The van der Waals surface area contributed by atoms with Gasteiger partial charge in [-0.05, 0) is 36.5 Å². The van der Waals surface area contributed by atoms with Crippen molar-refractivity contribution in [2.24, 2.45) is 23.7 Å². The lowest BCUT2D eigenvalue weighted by Gasteiger charge is -2.24. The van der Waals surface area contributed by atoms with Crippen molar-refractivity contribution in [3.8, 4) is 0 Å². The van der Waals surface area contributed by atoms with E-state index in [-0.39, 0.29) is 15.8 Å². The largest absolute Gasteiger partial charge is 0.0776 e. The number of hydrogen-bond donors (Lipinski definition) is 0.